The lowest BCUT2D eigenvalue weighted by Crippen LogP contribution is -2.52. The number of aliphatic carboxylic acids is 3. The Morgan fingerprint density at radius 1 is 0.812 bits per heavy atom. The molecule has 0 spiro atoms. The van der Waals surface area contributed by atoms with Gasteiger partial charge in [-0.15, -0.1) is 0 Å². The quantitative estimate of drug-likeness (QED) is 0.616. The van der Waals surface area contributed by atoms with E-state index in [4.69, 9.17) is 15.3 Å². The summed E-state index contributed by atoms with van der Waals surface area (Å²) in [5.74, 6) is -6.16. The van der Waals surface area contributed by atoms with Gasteiger partial charge in [0.2, 0.25) is 0 Å². The number of carbonyl (C=O) groups is 3. The number of hydrogen-bond donors (Lipinski definition) is 3. The van der Waals surface area contributed by atoms with Crippen LogP contribution in [0.1, 0.15) is 32.1 Å². The lowest BCUT2D eigenvalue weighted by molar-refractivity contribution is -0.181. The van der Waals surface area contributed by atoms with Crippen LogP contribution in [0, 0.1) is 11.3 Å². The maximum atomic E-state index is 11.0. The van der Waals surface area contributed by atoms with E-state index in [2.05, 4.69) is 0 Å². The SMILES string of the molecule is O=C(O)C(C(=O)O)(C(=O)O)C1CCCCC1. The highest BCUT2D eigenvalue weighted by atomic mass is 16.4. The summed E-state index contributed by atoms with van der Waals surface area (Å²) in [7, 11) is 0. The van der Waals surface area contributed by atoms with Crippen molar-refractivity contribution in [3.63, 3.8) is 0 Å². The van der Waals surface area contributed by atoms with Crippen LogP contribution in [-0.4, -0.2) is 33.2 Å². The highest BCUT2D eigenvalue weighted by Gasteiger charge is 2.59. The van der Waals surface area contributed by atoms with Crippen molar-refractivity contribution in [3.05, 3.63) is 0 Å². The summed E-state index contributed by atoms with van der Waals surface area (Å²) >= 11 is 0. The van der Waals surface area contributed by atoms with E-state index in [1.165, 1.54) is 0 Å². The molecule has 1 rings (SSSR count). The molecule has 1 aliphatic rings. The average Bonchev–Trinajstić information content (AvgIpc) is 2.18. The van der Waals surface area contributed by atoms with E-state index in [9.17, 15) is 14.4 Å². The van der Waals surface area contributed by atoms with Crippen molar-refractivity contribution in [3.8, 4) is 0 Å². The maximum absolute atomic E-state index is 11.0. The average molecular weight is 230 g/mol. The van der Waals surface area contributed by atoms with Gasteiger partial charge < -0.3 is 15.3 Å². The van der Waals surface area contributed by atoms with Crippen LogP contribution in [0.5, 0.6) is 0 Å². The molecule has 16 heavy (non-hydrogen) atoms. The Morgan fingerprint density at radius 3 is 1.50 bits per heavy atom. The Kier molecular flexibility index (Phi) is 3.51. The van der Waals surface area contributed by atoms with Crippen LogP contribution < -0.4 is 0 Å². The summed E-state index contributed by atoms with van der Waals surface area (Å²) in [6.07, 6.45) is 2.93. The summed E-state index contributed by atoms with van der Waals surface area (Å²) in [5, 5.41) is 26.9. The molecule has 3 N–H and O–H groups in total. The van der Waals surface area contributed by atoms with Crippen molar-refractivity contribution in [2.24, 2.45) is 11.3 Å². The van der Waals surface area contributed by atoms with Gasteiger partial charge >= 0.3 is 17.9 Å². The smallest absolute Gasteiger partial charge is 0.333 e. The molecule has 0 atom stereocenters. The summed E-state index contributed by atoms with van der Waals surface area (Å²) in [6, 6.07) is 0. The molecule has 0 aromatic heterocycles. The van der Waals surface area contributed by atoms with Gasteiger partial charge in [-0.1, -0.05) is 19.3 Å². The minimum atomic E-state index is -2.68. The minimum Gasteiger partial charge on any atom is -0.480 e. The largest absolute Gasteiger partial charge is 0.480 e. The Balaban J connectivity index is 3.14. The van der Waals surface area contributed by atoms with Crippen molar-refractivity contribution in [2.45, 2.75) is 32.1 Å². The van der Waals surface area contributed by atoms with Gasteiger partial charge in [0.25, 0.3) is 5.41 Å². The molecule has 6 heteroatoms. The minimum absolute atomic E-state index is 0.338. The number of carboxylic acid groups (broad SMARTS) is 3. The normalized spacial score (nSPS) is 18.0. The first kappa shape index (κ1) is 12.5. The molecule has 0 heterocycles. The van der Waals surface area contributed by atoms with Gasteiger partial charge in [0.1, 0.15) is 0 Å². The summed E-state index contributed by atoms with van der Waals surface area (Å²) in [5.41, 5.74) is -2.68. The molecule has 0 aliphatic heterocycles. The first-order chi connectivity index (χ1) is 7.44. The second-order valence-corrected chi connectivity index (χ2v) is 4.06. The van der Waals surface area contributed by atoms with Crippen molar-refractivity contribution in [1.29, 1.82) is 0 Å². The molecule has 90 valence electrons. The maximum Gasteiger partial charge on any atom is 0.333 e. The highest BCUT2D eigenvalue weighted by Crippen LogP contribution is 2.39. The zero-order valence-electron chi connectivity index (χ0n) is 8.68. The van der Waals surface area contributed by atoms with Crippen LogP contribution in [0.4, 0.5) is 0 Å². The van der Waals surface area contributed by atoms with Gasteiger partial charge in [0, 0.05) is 0 Å². The van der Waals surface area contributed by atoms with E-state index >= 15 is 0 Å². The topological polar surface area (TPSA) is 112 Å². The van der Waals surface area contributed by atoms with E-state index in [-0.39, 0.29) is 0 Å². The first-order valence-corrected chi connectivity index (χ1v) is 5.14. The highest BCUT2D eigenvalue weighted by molar-refractivity contribution is 6.16. The van der Waals surface area contributed by atoms with Gasteiger partial charge in [0.15, 0.2) is 0 Å². The second-order valence-electron chi connectivity index (χ2n) is 4.06. The van der Waals surface area contributed by atoms with Gasteiger partial charge in [0.05, 0.1) is 0 Å². The van der Waals surface area contributed by atoms with E-state index < -0.39 is 29.2 Å². The fourth-order valence-corrected chi connectivity index (χ4v) is 2.33. The number of carboxylic acids is 3. The van der Waals surface area contributed by atoms with Crippen LogP contribution in [0.15, 0.2) is 0 Å². The third kappa shape index (κ3) is 1.75. The summed E-state index contributed by atoms with van der Waals surface area (Å²) in [4.78, 5) is 33.1. The van der Waals surface area contributed by atoms with Crippen LogP contribution >= 0.6 is 0 Å². The molecule has 1 fully saturated rings. The van der Waals surface area contributed by atoms with Crippen molar-refractivity contribution >= 4 is 17.9 Å². The van der Waals surface area contributed by atoms with Crippen molar-refractivity contribution < 1.29 is 29.7 Å². The molecule has 0 saturated heterocycles. The van der Waals surface area contributed by atoms with Gasteiger partial charge in [-0.25, -0.2) is 0 Å². The molecule has 0 radical (unpaired) electrons. The van der Waals surface area contributed by atoms with Gasteiger partial charge in [-0.3, -0.25) is 14.4 Å². The lowest BCUT2D eigenvalue weighted by Gasteiger charge is -2.32. The molecular formula is C10H14O6. The standard InChI is InChI=1S/C10H14O6/c11-7(12)10(8(13)14,9(15)16)6-4-2-1-3-5-6/h6H,1-5H2,(H,11,12)(H,13,14)(H,15,16). The van der Waals surface area contributed by atoms with Gasteiger partial charge in [-0.05, 0) is 18.8 Å². The molecule has 1 aliphatic carbocycles. The molecule has 0 unspecified atom stereocenters. The molecule has 0 aromatic rings. The lowest BCUT2D eigenvalue weighted by atomic mass is 9.68. The summed E-state index contributed by atoms with van der Waals surface area (Å²) in [6.45, 7) is 0. The molecule has 0 bridgehead atoms. The van der Waals surface area contributed by atoms with Crippen molar-refractivity contribution in [2.75, 3.05) is 0 Å². The molecule has 0 amide bonds. The monoisotopic (exact) mass is 230 g/mol. The Hall–Kier alpha value is -1.59. The predicted octanol–water partition coefficient (Wildman–Crippen LogP) is 0.807. The van der Waals surface area contributed by atoms with Crippen molar-refractivity contribution in [1.82, 2.24) is 0 Å². The summed E-state index contributed by atoms with van der Waals surface area (Å²) < 4.78 is 0. The fourth-order valence-electron chi connectivity index (χ4n) is 2.33. The number of rotatable bonds is 4. The predicted molar refractivity (Wildman–Crippen MR) is 51.9 cm³/mol. The van der Waals surface area contributed by atoms with Crippen LogP contribution in [0.25, 0.3) is 0 Å². The van der Waals surface area contributed by atoms with Crippen LogP contribution in [-0.2, 0) is 14.4 Å². The third-order valence-electron chi connectivity index (χ3n) is 3.23. The Labute approximate surface area is 91.9 Å². The van der Waals surface area contributed by atoms with Crippen LogP contribution in [0.2, 0.25) is 0 Å². The zero-order valence-corrected chi connectivity index (χ0v) is 8.68. The van der Waals surface area contributed by atoms with E-state index in [0.717, 1.165) is 6.42 Å². The molecule has 0 aromatic carbocycles. The fraction of sp³-hybridized carbons (Fsp3) is 0.700. The molecule has 6 nitrogen and oxygen atoms in total. The third-order valence-corrected chi connectivity index (χ3v) is 3.23. The second kappa shape index (κ2) is 4.51. The van der Waals surface area contributed by atoms with Crippen LogP contribution in [0.3, 0.4) is 0 Å². The van der Waals surface area contributed by atoms with E-state index in [1.807, 2.05) is 0 Å². The Bertz CT molecular complexity index is 279. The Morgan fingerprint density at radius 2 is 1.19 bits per heavy atom. The molecular weight excluding hydrogens is 216 g/mol. The van der Waals surface area contributed by atoms with Gasteiger partial charge in [-0.2, -0.15) is 0 Å². The first-order valence-electron chi connectivity index (χ1n) is 5.14. The van der Waals surface area contributed by atoms with E-state index in [0.29, 0.717) is 25.7 Å². The zero-order chi connectivity index (χ0) is 12.3. The molecule has 1 saturated carbocycles. The van der Waals surface area contributed by atoms with E-state index in [1.54, 1.807) is 0 Å². The number of hydrogen-bond acceptors (Lipinski definition) is 3.